The quantitative estimate of drug-likeness (QED) is 0.176. The van der Waals surface area contributed by atoms with Gasteiger partial charge in [-0.3, -0.25) is 0 Å². The molecule has 0 heterocycles. The minimum absolute atomic E-state index is 0.325. The highest BCUT2D eigenvalue weighted by Crippen LogP contribution is 2.48. The molecule has 3 heteroatoms. The first-order valence-electron chi connectivity index (χ1n) is 11.4. The van der Waals surface area contributed by atoms with Crippen molar-refractivity contribution < 1.29 is 9.67 Å². The monoisotopic (exact) mass is 374 g/mol. The largest absolute Gasteiger partial charge is 0.396 e. The minimum Gasteiger partial charge on any atom is -0.396 e. The lowest BCUT2D eigenvalue weighted by Gasteiger charge is -2.18. The third-order valence-electron chi connectivity index (χ3n) is 5.31. The summed E-state index contributed by atoms with van der Waals surface area (Å²) in [6.07, 6.45) is 22.7. The van der Waals surface area contributed by atoms with Crippen LogP contribution in [-0.2, 0) is 4.57 Å². The van der Waals surface area contributed by atoms with Gasteiger partial charge in [-0.05, 0) is 25.7 Å². The predicted octanol–water partition coefficient (Wildman–Crippen LogP) is 7.62. The van der Waals surface area contributed by atoms with Crippen LogP contribution in [0.5, 0.6) is 0 Å². The lowest BCUT2D eigenvalue weighted by Crippen LogP contribution is -2.02. The molecule has 0 aromatic rings. The topological polar surface area (TPSA) is 37.3 Å². The van der Waals surface area contributed by atoms with Crippen molar-refractivity contribution in [2.75, 3.05) is 25.1 Å². The maximum atomic E-state index is 13.4. The molecule has 1 atom stereocenters. The van der Waals surface area contributed by atoms with Gasteiger partial charge in [-0.2, -0.15) is 0 Å². The summed E-state index contributed by atoms with van der Waals surface area (Å²) in [4.78, 5) is 0. The second-order valence-corrected chi connectivity index (χ2v) is 11.4. The van der Waals surface area contributed by atoms with Crippen molar-refractivity contribution in [1.82, 2.24) is 0 Å². The Balaban J connectivity index is 3.99. The van der Waals surface area contributed by atoms with E-state index in [0.29, 0.717) is 6.61 Å². The molecule has 0 aliphatic heterocycles. The first kappa shape index (κ1) is 25.2. The van der Waals surface area contributed by atoms with Crippen molar-refractivity contribution in [2.45, 2.75) is 117 Å². The van der Waals surface area contributed by atoms with Gasteiger partial charge in [0.05, 0.1) is 7.14 Å². The molecule has 0 amide bonds. The van der Waals surface area contributed by atoms with Crippen molar-refractivity contribution in [3.8, 4) is 0 Å². The van der Waals surface area contributed by atoms with Crippen LogP contribution in [0.4, 0.5) is 0 Å². The Bertz CT molecular complexity index is 304. The Hall–Kier alpha value is 0.190. The molecule has 1 unspecified atom stereocenters. The van der Waals surface area contributed by atoms with Crippen LogP contribution in [0.1, 0.15) is 117 Å². The van der Waals surface area contributed by atoms with Gasteiger partial charge in [0.1, 0.15) is 0 Å². The molecule has 0 aliphatic rings. The van der Waals surface area contributed by atoms with Crippen LogP contribution in [0.2, 0.25) is 0 Å². The van der Waals surface area contributed by atoms with E-state index >= 15 is 0 Å². The van der Waals surface area contributed by atoms with Crippen LogP contribution in [-0.4, -0.2) is 30.2 Å². The standard InChI is InChI=1S/C22H47O2P/c1-3-5-7-9-13-17-21-25(24,20-16-8-6-4-2)22-18-14-11-10-12-15-19-23/h23H,3-22H2,1-2H3. The molecule has 1 N–H and O–H groups in total. The molecule has 0 rings (SSSR count). The van der Waals surface area contributed by atoms with Gasteiger partial charge in [0.25, 0.3) is 0 Å². The summed E-state index contributed by atoms with van der Waals surface area (Å²) in [6.45, 7) is 4.83. The van der Waals surface area contributed by atoms with E-state index < -0.39 is 7.14 Å². The van der Waals surface area contributed by atoms with Crippen LogP contribution < -0.4 is 0 Å². The molecule has 0 spiro atoms. The number of hydrogen-bond acceptors (Lipinski definition) is 2. The maximum absolute atomic E-state index is 13.4. The van der Waals surface area contributed by atoms with E-state index in [1.54, 1.807) is 0 Å². The molecule has 25 heavy (non-hydrogen) atoms. The van der Waals surface area contributed by atoms with Crippen LogP contribution in [0.25, 0.3) is 0 Å². The van der Waals surface area contributed by atoms with Gasteiger partial charge in [-0.15, -0.1) is 0 Å². The zero-order valence-corrected chi connectivity index (χ0v) is 18.3. The molecule has 0 aromatic carbocycles. The molecule has 2 nitrogen and oxygen atoms in total. The number of aliphatic hydroxyl groups excluding tert-OH is 1. The lowest BCUT2D eigenvalue weighted by molar-refractivity contribution is 0.282. The van der Waals surface area contributed by atoms with E-state index in [-0.39, 0.29) is 0 Å². The highest BCUT2D eigenvalue weighted by Gasteiger charge is 2.20. The fourth-order valence-electron chi connectivity index (χ4n) is 3.56. The van der Waals surface area contributed by atoms with Crippen LogP contribution in [0, 0.1) is 0 Å². The summed E-state index contributed by atoms with van der Waals surface area (Å²) in [5.41, 5.74) is 0. The average Bonchev–Trinajstić information content (AvgIpc) is 2.61. The average molecular weight is 375 g/mol. The van der Waals surface area contributed by atoms with Gasteiger partial charge < -0.3 is 9.67 Å². The van der Waals surface area contributed by atoms with E-state index in [0.717, 1.165) is 37.7 Å². The van der Waals surface area contributed by atoms with Crippen molar-refractivity contribution in [2.24, 2.45) is 0 Å². The predicted molar refractivity (Wildman–Crippen MR) is 115 cm³/mol. The summed E-state index contributed by atoms with van der Waals surface area (Å²) in [7, 11) is -1.92. The Labute approximate surface area is 158 Å². The van der Waals surface area contributed by atoms with Crippen LogP contribution in [0.15, 0.2) is 0 Å². The van der Waals surface area contributed by atoms with Crippen LogP contribution in [0.3, 0.4) is 0 Å². The van der Waals surface area contributed by atoms with Crippen molar-refractivity contribution >= 4 is 7.14 Å². The number of rotatable bonds is 20. The fourth-order valence-corrected chi connectivity index (χ4v) is 6.63. The van der Waals surface area contributed by atoms with Gasteiger partial charge in [0.2, 0.25) is 0 Å². The summed E-state index contributed by atoms with van der Waals surface area (Å²) in [5.74, 6) is 0. The third-order valence-corrected chi connectivity index (χ3v) is 8.71. The van der Waals surface area contributed by atoms with E-state index in [4.69, 9.17) is 5.11 Å². The molecular weight excluding hydrogens is 327 g/mol. The molecule has 0 fully saturated rings. The number of hydrogen-bond donors (Lipinski definition) is 1. The number of aliphatic hydroxyl groups is 1. The van der Waals surface area contributed by atoms with Crippen molar-refractivity contribution in [3.63, 3.8) is 0 Å². The lowest BCUT2D eigenvalue weighted by atomic mass is 10.1. The molecule has 152 valence electrons. The second kappa shape index (κ2) is 19.0. The van der Waals surface area contributed by atoms with E-state index in [2.05, 4.69) is 13.8 Å². The van der Waals surface area contributed by atoms with E-state index in [1.807, 2.05) is 0 Å². The first-order valence-corrected chi connectivity index (χ1v) is 13.6. The third kappa shape index (κ3) is 17.4. The normalized spacial score (nSPS) is 13.9. The molecule has 0 aromatic heterocycles. The van der Waals surface area contributed by atoms with Gasteiger partial charge in [0, 0.05) is 25.1 Å². The zero-order valence-electron chi connectivity index (χ0n) is 17.4. The summed E-state index contributed by atoms with van der Waals surface area (Å²) >= 11 is 0. The van der Waals surface area contributed by atoms with Gasteiger partial charge in [0.15, 0.2) is 0 Å². The van der Waals surface area contributed by atoms with Gasteiger partial charge >= 0.3 is 0 Å². The Morgan fingerprint density at radius 2 is 0.840 bits per heavy atom. The fraction of sp³-hybridized carbons (Fsp3) is 1.00. The Morgan fingerprint density at radius 3 is 1.24 bits per heavy atom. The maximum Gasteiger partial charge on any atom is 0.0877 e. The molecule has 0 bridgehead atoms. The Morgan fingerprint density at radius 1 is 0.520 bits per heavy atom. The summed E-state index contributed by atoms with van der Waals surface area (Å²) in [6, 6.07) is 0. The second-order valence-electron chi connectivity index (χ2n) is 7.90. The molecule has 0 saturated heterocycles. The van der Waals surface area contributed by atoms with Gasteiger partial charge in [-0.25, -0.2) is 0 Å². The van der Waals surface area contributed by atoms with Gasteiger partial charge in [-0.1, -0.05) is 90.9 Å². The minimum atomic E-state index is -1.92. The first-order chi connectivity index (χ1) is 12.2. The summed E-state index contributed by atoms with van der Waals surface area (Å²) < 4.78 is 13.4. The van der Waals surface area contributed by atoms with E-state index in [9.17, 15) is 4.57 Å². The van der Waals surface area contributed by atoms with E-state index in [1.165, 1.54) is 83.5 Å². The molecule has 0 saturated carbocycles. The zero-order chi connectivity index (χ0) is 18.6. The smallest absolute Gasteiger partial charge is 0.0877 e. The van der Waals surface area contributed by atoms with Crippen molar-refractivity contribution in [3.05, 3.63) is 0 Å². The Kier molecular flexibility index (Phi) is 19.1. The number of unbranched alkanes of at least 4 members (excludes halogenated alkanes) is 13. The van der Waals surface area contributed by atoms with Crippen LogP contribution >= 0.6 is 7.14 Å². The highest BCUT2D eigenvalue weighted by molar-refractivity contribution is 7.63. The SMILES string of the molecule is CCCCCCCCP(=O)(CCCCCC)CCCCCCCCO. The molecular formula is C22H47O2P. The highest BCUT2D eigenvalue weighted by atomic mass is 31.2. The van der Waals surface area contributed by atoms with Crippen molar-refractivity contribution in [1.29, 1.82) is 0 Å². The summed E-state index contributed by atoms with van der Waals surface area (Å²) in [5, 5.41) is 8.81. The molecule has 0 aliphatic carbocycles. The molecule has 0 radical (unpaired) electrons.